The third-order valence-electron chi connectivity index (χ3n) is 3.00. The molecule has 0 unspecified atom stereocenters. The van der Waals surface area contributed by atoms with E-state index >= 15 is 0 Å². The summed E-state index contributed by atoms with van der Waals surface area (Å²) in [5, 5.41) is 15.8. The minimum atomic E-state index is -0.483. The lowest BCUT2D eigenvalue weighted by Crippen LogP contribution is -1.91. The van der Waals surface area contributed by atoms with Crippen LogP contribution in [0.3, 0.4) is 0 Å². The SMILES string of the molecule is O=[N+]([O-])c1c(-c2ccccc2)noc1-c1ccc(Cl)cc1. The highest BCUT2D eigenvalue weighted by molar-refractivity contribution is 6.30. The molecule has 0 fully saturated rings. The Balaban J connectivity index is 2.17. The fourth-order valence-corrected chi connectivity index (χ4v) is 2.16. The van der Waals surface area contributed by atoms with Crippen LogP contribution in [-0.2, 0) is 0 Å². The van der Waals surface area contributed by atoms with Gasteiger partial charge in [0.2, 0.25) is 5.76 Å². The van der Waals surface area contributed by atoms with Crippen LogP contribution in [0.1, 0.15) is 0 Å². The van der Waals surface area contributed by atoms with Gasteiger partial charge in [0.1, 0.15) is 0 Å². The van der Waals surface area contributed by atoms with Crippen LogP contribution in [-0.4, -0.2) is 10.1 Å². The van der Waals surface area contributed by atoms with E-state index in [-0.39, 0.29) is 17.1 Å². The van der Waals surface area contributed by atoms with Gasteiger partial charge < -0.3 is 4.52 Å². The number of halogens is 1. The molecule has 3 rings (SSSR count). The number of rotatable bonds is 3. The van der Waals surface area contributed by atoms with Gasteiger partial charge in [0.25, 0.3) is 0 Å². The Morgan fingerprint density at radius 3 is 2.29 bits per heavy atom. The molecule has 1 aromatic heterocycles. The van der Waals surface area contributed by atoms with Gasteiger partial charge in [0, 0.05) is 16.1 Å². The van der Waals surface area contributed by atoms with Crippen LogP contribution in [0, 0.1) is 10.1 Å². The lowest BCUT2D eigenvalue weighted by molar-refractivity contribution is -0.383. The molecule has 0 N–H and O–H groups in total. The fraction of sp³-hybridized carbons (Fsp3) is 0. The van der Waals surface area contributed by atoms with E-state index < -0.39 is 4.92 Å². The number of nitro groups is 1. The van der Waals surface area contributed by atoms with Gasteiger partial charge in [0.05, 0.1) is 4.92 Å². The Morgan fingerprint density at radius 2 is 1.67 bits per heavy atom. The summed E-state index contributed by atoms with van der Waals surface area (Å²) in [4.78, 5) is 10.9. The molecule has 0 bridgehead atoms. The minimum Gasteiger partial charge on any atom is -0.348 e. The smallest absolute Gasteiger partial charge is 0.344 e. The van der Waals surface area contributed by atoms with Gasteiger partial charge in [-0.3, -0.25) is 10.1 Å². The van der Waals surface area contributed by atoms with Crippen LogP contribution in [0.4, 0.5) is 5.69 Å². The van der Waals surface area contributed by atoms with E-state index in [4.69, 9.17) is 16.1 Å². The van der Waals surface area contributed by atoms with Crippen molar-refractivity contribution in [3.8, 4) is 22.6 Å². The molecule has 21 heavy (non-hydrogen) atoms. The normalized spacial score (nSPS) is 10.5. The predicted octanol–water partition coefficient (Wildman–Crippen LogP) is 4.57. The van der Waals surface area contributed by atoms with Gasteiger partial charge >= 0.3 is 5.69 Å². The zero-order chi connectivity index (χ0) is 14.8. The molecule has 0 aliphatic carbocycles. The average molecular weight is 301 g/mol. The van der Waals surface area contributed by atoms with Crippen LogP contribution in [0.2, 0.25) is 5.02 Å². The molecule has 1 heterocycles. The third-order valence-corrected chi connectivity index (χ3v) is 3.26. The van der Waals surface area contributed by atoms with E-state index in [0.717, 1.165) is 0 Å². The largest absolute Gasteiger partial charge is 0.348 e. The lowest BCUT2D eigenvalue weighted by atomic mass is 10.1. The van der Waals surface area contributed by atoms with Gasteiger partial charge in [-0.25, -0.2) is 0 Å². The molecular formula is C15H9ClN2O3. The number of aromatic nitrogens is 1. The molecule has 104 valence electrons. The highest BCUT2D eigenvalue weighted by atomic mass is 35.5. The quantitative estimate of drug-likeness (QED) is 0.525. The molecule has 0 saturated heterocycles. The summed E-state index contributed by atoms with van der Waals surface area (Å²) in [7, 11) is 0. The minimum absolute atomic E-state index is 0.121. The van der Waals surface area contributed by atoms with Gasteiger partial charge in [0.15, 0.2) is 5.69 Å². The maximum absolute atomic E-state index is 11.4. The van der Waals surface area contributed by atoms with E-state index in [1.54, 1.807) is 48.5 Å². The van der Waals surface area contributed by atoms with E-state index in [2.05, 4.69) is 5.16 Å². The van der Waals surface area contributed by atoms with E-state index in [9.17, 15) is 10.1 Å². The predicted molar refractivity (Wildman–Crippen MR) is 79.0 cm³/mol. The summed E-state index contributed by atoms with van der Waals surface area (Å²) in [5.41, 5.74) is 1.25. The van der Waals surface area contributed by atoms with Gasteiger partial charge in [-0.05, 0) is 24.3 Å². The summed E-state index contributed by atoms with van der Waals surface area (Å²) >= 11 is 5.82. The van der Waals surface area contributed by atoms with E-state index in [0.29, 0.717) is 16.1 Å². The van der Waals surface area contributed by atoms with Crippen LogP contribution in [0.5, 0.6) is 0 Å². The Bertz CT molecular complexity index is 782. The van der Waals surface area contributed by atoms with Crippen LogP contribution < -0.4 is 0 Å². The molecule has 2 aromatic carbocycles. The first-order chi connectivity index (χ1) is 10.2. The highest BCUT2D eigenvalue weighted by Gasteiger charge is 2.28. The first-order valence-corrected chi connectivity index (χ1v) is 6.50. The Hall–Kier alpha value is -2.66. The summed E-state index contributed by atoms with van der Waals surface area (Å²) in [6, 6.07) is 15.5. The second-order valence-corrected chi connectivity index (χ2v) is 4.78. The number of hydrogen-bond acceptors (Lipinski definition) is 4. The molecular weight excluding hydrogens is 292 g/mol. The molecule has 0 aliphatic heterocycles. The monoisotopic (exact) mass is 300 g/mol. The van der Waals surface area contributed by atoms with Crippen molar-refractivity contribution in [1.82, 2.24) is 5.16 Å². The van der Waals surface area contributed by atoms with Crippen molar-refractivity contribution in [1.29, 1.82) is 0 Å². The van der Waals surface area contributed by atoms with Crippen molar-refractivity contribution < 1.29 is 9.45 Å². The topological polar surface area (TPSA) is 69.2 Å². The van der Waals surface area contributed by atoms with Crippen molar-refractivity contribution in [3.63, 3.8) is 0 Å². The maximum atomic E-state index is 11.4. The summed E-state index contributed by atoms with van der Waals surface area (Å²) in [5.74, 6) is 0.121. The Labute approximate surface area is 124 Å². The number of hydrogen-bond donors (Lipinski definition) is 0. The van der Waals surface area contributed by atoms with Gasteiger partial charge in [-0.15, -0.1) is 0 Å². The number of nitrogens with zero attached hydrogens (tertiary/aromatic N) is 2. The Kier molecular flexibility index (Phi) is 3.41. The molecule has 0 amide bonds. The standard InChI is InChI=1S/C15H9ClN2O3/c16-12-8-6-11(7-9-12)15-14(18(19)20)13(17-21-15)10-4-2-1-3-5-10/h1-9H. The van der Waals surface area contributed by atoms with Crippen LogP contribution in [0.25, 0.3) is 22.6 Å². The van der Waals surface area contributed by atoms with Crippen LogP contribution >= 0.6 is 11.6 Å². The molecule has 6 heteroatoms. The summed E-state index contributed by atoms with van der Waals surface area (Å²) < 4.78 is 5.20. The molecule has 3 aromatic rings. The van der Waals surface area contributed by atoms with Crippen molar-refractivity contribution >= 4 is 17.3 Å². The molecule has 0 spiro atoms. The van der Waals surface area contributed by atoms with Crippen molar-refractivity contribution in [2.24, 2.45) is 0 Å². The van der Waals surface area contributed by atoms with E-state index in [1.165, 1.54) is 0 Å². The van der Waals surface area contributed by atoms with Crippen LogP contribution in [0.15, 0.2) is 59.1 Å². The number of benzene rings is 2. The van der Waals surface area contributed by atoms with Crippen molar-refractivity contribution in [2.75, 3.05) is 0 Å². The molecule has 0 radical (unpaired) electrons. The molecule has 5 nitrogen and oxygen atoms in total. The third kappa shape index (κ3) is 2.51. The molecule has 0 saturated carbocycles. The summed E-state index contributed by atoms with van der Waals surface area (Å²) in [6.45, 7) is 0. The van der Waals surface area contributed by atoms with E-state index in [1.807, 2.05) is 6.07 Å². The second-order valence-electron chi connectivity index (χ2n) is 4.34. The zero-order valence-corrected chi connectivity index (χ0v) is 11.4. The molecule has 0 atom stereocenters. The van der Waals surface area contributed by atoms with Gasteiger partial charge in [-0.1, -0.05) is 47.1 Å². The van der Waals surface area contributed by atoms with Gasteiger partial charge in [-0.2, -0.15) is 0 Å². The fourth-order valence-electron chi connectivity index (χ4n) is 2.03. The second kappa shape index (κ2) is 5.38. The zero-order valence-electron chi connectivity index (χ0n) is 10.7. The van der Waals surface area contributed by atoms with Crippen molar-refractivity contribution in [3.05, 3.63) is 69.7 Å². The first-order valence-electron chi connectivity index (χ1n) is 6.12. The average Bonchev–Trinajstić information content (AvgIpc) is 2.94. The first kappa shape index (κ1) is 13.3. The molecule has 0 aliphatic rings. The Morgan fingerprint density at radius 1 is 1.00 bits per heavy atom. The lowest BCUT2D eigenvalue weighted by Gasteiger charge is -1.97. The summed E-state index contributed by atoms with van der Waals surface area (Å²) in [6.07, 6.45) is 0. The van der Waals surface area contributed by atoms with Crippen molar-refractivity contribution in [2.45, 2.75) is 0 Å². The highest BCUT2D eigenvalue weighted by Crippen LogP contribution is 2.38. The maximum Gasteiger partial charge on any atom is 0.344 e.